The molecule has 0 bridgehead atoms. The summed E-state index contributed by atoms with van der Waals surface area (Å²) in [7, 11) is 3.83. The summed E-state index contributed by atoms with van der Waals surface area (Å²) < 4.78 is 27.2. The highest BCUT2D eigenvalue weighted by Gasteiger charge is 2.25. The third-order valence-corrected chi connectivity index (χ3v) is 5.12. The van der Waals surface area contributed by atoms with Gasteiger partial charge in [0.1, 0.15) is 16.7 Å². The van der Waals surface area contributed by atoms with Gasteiger partial charge in [-0.1, -0.05) is 11.6 Å². The van der Waals surface area contributed by atoms with Crippen molar-refractivity contribution in [1.29, 1.82) is 0 Å². The predicted molar refractivity (Wildman–Crippen MR) is 105 cm³/mol. The van der Waals surface area contributed by atoms with Crippen LogP contribution in [0.4, 0.5) is 20.5 Å². The zero-order valence-electron chi connectivity index (χ0n) is 15.7. The first-order chi connectivity index (χ1) is 13.3. The van der Waals surface area contributed by atoms with Gasteiger partial charge in [0.25, 0.3) is 5.91 Å². The number of rotatable bonds is 5. The van der Waals surface area contributed by atoms with Crippen LogP contribution in [0.3, 0.4) is 0 Å². The van der Waals surface area contributed by atoms with Crippen molar-refractivity contribution in [2.45, 2.75) is 37.8 Å². The highest BCUT2D eigenvalue weighted by atomic mass is 35.5. The number of nitrogens with zero attached hydrogens (tertiary/aromatic N) is 3. The number of halogens is 3. The van der Waals surface area contributed by atoms with Gasteiger partial charge in [-0.3, -0.25) is 4.79 Å². The molecule has 0 aliphatic heterocycles. The van der Waals surface area contributed by atoms with Crippen LogP contribution in [0, 0.1) is 11.6 Å². The molecular formula is C19H22ClF2N5O. The Morgan fingerprint density at radius 1 is 1.14 bits per heavy atom. The molecule has 1 aliphatic carbocycles. The molecule has 6 nitrogen and oxygen atoms in total. The number of amides is 1. The molecule has 0 unspecified atom stereocenters. The molecule has 28 heavy (non-hydrogen) atoms. The van der Waals surface area contributed by atoms with Crippen LogP contribution in [0.25, 0.3) is 0 Å². The average Bonchev–Trinajstić information content (AvgIpc) is 2.68. The fourth-order valence-electron chi connectivity index (χ4n) is 3.20. The maximum absolute atomic E-state index is 14.0. The zero-order valence-corrected chi connectivity index (χ0v) is 16.4. The molecule has 2 aromatic rings. The van der Waals surface area contributed by atoms with E-state index in [2.05, 4.69) is 20.6 Å². The fraction of sp³-hybridized carbons (Fsp3) is 0.421. The number of carbonyl (C=O) groups is 1. The molecule has 1 amide bonds. The van der Waals surface area contributed by atoms with E-state index in [9.17, 15) is 13.6 Å². The van der Waals surface area contributed by atoms with Crippen molar-refractivity contribution in [3.8, 4) is 0 Å². The molecule has 1 aromatic heterocycles. The lowest BCUT2D eigenvalue weighted by atomic mass is 9.91. The summed E-state index contributed by atoms with van der Waals surface area (Å²) in [5.41, 5.74) is -0.249. The van der Waals surface area contributed by atoms with Gasteiger partial charge in [0, 0.05) is 32.4 Å². The Labute approximate surface area is 167 Å². The summed E-state index contributed by atoms with van der Waals surface area (Å²) in [6.07, 6.45) is 4.79. The van der Waals surface area contributed by atoms with E-state index < -0.39 is 22.6 Å². The monoisotopic (exact) mass is 409 g/mol. The highest BCUT2D eigenvalue weighted by Crippen LogP contribution is 2.24. The molecule has 2 N–H and O–H groups in total. The van der Waals surface area contributed by atoms with Crippen LogP contribution in [0.1, 0.15) is 36.0 Å². The molecule has 3 rings (SSSR count). The third kappa shape index (κ3) is 4.67. The maximum Gasteiger partial charge on any atom is 0.254 e. The van der Waals surface area contributed by atoms with E-state index in [4.69, 9.17) is 11.6 Å². The van der Waals surface area contributed by atoms with Crippen molar-refractivity contribution < 1.29 is 13.6 Å². The maximum atomic E-state index is 14.0. The smallest absolute Gasteiger partial charge is 0.254 e. The van der Waals surface area contributed by atoms with Crippen LogP contribution in [0.5, 0.6) is 0 Å². The molecule has 150 valence electrons. The minimum Gasteiger partial charge on any atom is -0.363 e. The van der Waals surface area contributed by atoms with Gasteiger partial charge in [-0.15, -0.1) is 0 Å². The van der Waals surface area contributed by atoms with Crippen molar-refractivity contribution >= 4 is 29.3 Å². The van der Waals surface area contributed by atoms with Gasteiger partial charge in [-0.2, -0.15) is 4.98 Å². The first-order valence-electron chi connectivity index (χ1n) is 9.06. The van der Waals surface area contributed by atoms with Crippen molar-refractivity contribution in [2.24, 2.45) is 0 Å². The summed E-state index contributed by atoms with van der Waals surface area (Å²) in [4.78, 5) is 22.9. The number of nitrogens with one attached hydrogen (secondary N) is 2. The highest BCUT2D eigenvalue weighted by molar-refractivity contribution is 6.31. The molecule has 0 saturated heterocycles. The quantitative estimate of drug-likeness (QED) is 0.738. The van der Waals surface area contributed by atoms with E-state index in [1.165, 1.54) is 0 Å². The van der Waals surface area contributed by atoms with Crippen molar-refractivity contribution in [1.82, 2.24) is 15.3 Å². The lowest BCUT2D eigenvalue weighted by molar-refractivity contribution is 0.0922. The molecule has 1 saturated carbocycles. The predicted octanol–water partition coefficient (Wildman–Crippen LogP) is 3.63. The lowest BCUT2D eigenvalue weighted by Gasteiger charge is -2.29. The van der Waals surface area contributed by atoms with E-state index >= 15 is 0 Å². The van der Waals surface area contributed by atoms with Crippen LogP contribution in [-0.4, -0.2) is 42.1 Å². The van der Waals surface area contributed by atoms with Crippen molar-refractivity contribution in [3.63, 3.8) is 0 Å². The van der Waals surface area contributed by atoms with E-state index in [-0.39, 0.29) is 17.6 Å². The fourth-order valence-corrected chi connectivity index (χ4v) is 3.36. The first-order valence-corrected chi connectivity index (χ1v) is 9.44. The Balaban J connectivity index is 1.54. The average molecular weight is 410 g/mol. The molecule has 0 radical (unpaired) electrons. The minimum absolute atomic E-state index is 0.0807. The van der Waals surface area contributed by atoms with E-state index in [1.54, 1.807) is 6.20 Å². The second-order valence-electron chi connectivity index (χ2n) is 7.02. The second-order valence-corrected chi connectivity index (χ2v) is 7.40. The SMILES string of the molecule is CN(C)c1ccnc(NC2CCC(NC(=O)c3ccc(F)c(Cl)c3F)CC2)n1. The molecule has 0 atom stereocenters. The van der Waals surface area contributed by atoms with Gasteiger partial charge < -0.3 is 15.5 Å². The third-order valence-electron chi connectivity index (χ3n) is 4.77. The molecule has 1 aliphatic rings. The summed E-state index contributed by atoms with van der Waals surface area (Å²) in [6, 6.07) is 4.04. The van der Waals surface area contributed by atoms with E-state index in [0.717, 1.165) is 43.6 Å². The van der Waals surface area contributed by atoms with Gasteiger partial charge in [0.2, 0.25) is 5.95 Å². The van der Waals surface area contributed by atoms with Crippen LogP contribution in [-0.2, 0) is 0 Å². The molecule has 1 aromatic carbocycles. The summed E-state index contributed by atoms with van der Waals surface area (Å²) in [5, 5.41) is 5.46. The summed E-state index contributed by atoms with van der Waals surface area (Å²) in [5.74, 6) is -1.12. The Morgan fingerprint density at radius 2 is 1.82 bits per heavy atom. The van der Waals surface area contributed by atoms with Gasteiger partial charge in [0.05, 0.1) is 5.56 Å². The minimum atomic E-state index is -1.03. The Bertz CT molecular complexity index is 856. The number of anilines is 2. The summed E-state index contributed by atoms with van der Waals surface area (Å²) >= 11 is 5.54. The Hall–Kier alpha value is -2.48. The molecule has 1 heterocycles. The Morgan fingerprint density at radius 3 is 2.50 bits per heavy atom. The van der Waals surface area contributed by atoms with Crippen LogP contribution < -0.4 is 15.5 Å². The normalized spacial score (nSPS) is 19.2. The number of hydrogen-bond acceptors (Lipinski definition) is 5. The standard InChI is InChI=1S/C19H22ClF2N5O/c1-27(2)15-9-10-23-19(26-15)25-12-5-3-11(4-6-12)24-18(28)13-7-8-14(21)16(20)17(13)22/h7-12H,3-6H2,1-2H3,(H,24,28)(H,23,25,26). The topological polar surface area (TPSA) is 70.2 Å². The van der Waals surface area contributed by atoms with Crippen LogP contribution >= 0.6 is 11.6 Å². The Kier molecular flexibility index (Phi) is 6.28. The summed E-state index contributed by atoms with van der Waals surface area (Å²) in [6.45, 7) is 0. The van der Waals surface area contributed by atoms with Gasteiger partial charge in [-0.25, -0.2) is 13.8 Å². The zero-order chi connectivity index (χ0) is 20.3. The van der Waals surface area contributed by atoms with Crippen molar-refractivity contribution in [2.75, 3.05) is 24.3 Å². The van der Waals surface area contributed by atoms with Gasteiger partial charge in [-0.05, 0) is 43.9 Å². The number of aromatic nitrogens is 2. The number of benzene rings is 1. The van der Waals surface area contributed by atoms with Crippen LogP contribution in [0.15, 0.2) is 24.4 Å². The molecule has 1 fully saturated rings. The molecular weight excluding hydrogens is 388 g/mol. The first kappa shape index (κ1) is 20.3. The van der Waals surface area contributed by atoms with Crippen LogP contribution in [0.2, 0.25) is 5.02 Å². The molecule has 0 spiro atoms. The number of carbonyl (C=O) groups excluding carboxylic acids is 1. The van der Waals surface area contributed by atoms with Gasteiger partial charge in [0.15, 0.2) is 5.82 Å². The largest absolute Gasteiger partial charge is 0.363 e. The van der Waals surface area contributed by atoms with Gasteiger partial charge >= 0.3 is 0 Å². The molecule has 9 heteroatoms. The second kappa shape index (κ2) is 8.68. The van der Waals surface area contributed by atoms with E-state index in [1.807, 2.05) is 25.1 Å². The van der Waals surface area contributed by atoms with E-state index in [0.29, 0.717) is 5.95 Å². The lowest BCUT2D eigenvalue weighted by Crippen LogP contribution is -2.40. The van der Waals surface area contributed by atoms with Crippen molar-refractivity contribution in [3.05, 3.63) is 46.6 Å². The number of hydrogen-bond donors (Lipinski definition) is 2.